The third kappa shape index (κ3) is 4.47. The number of amides is 1. The molecule has 0 spiro atoms. The third-order valence-electron chi connectivity index (χ3n) is 4.14. The summed E-state index contributed by atoms with van der Waals surface area (Å²) in [7, 11) is 1.85. The number of carbonyl (C=O) groups is 1. The summed E-state index contributed by atoms with van der Waals surface area (Å²) in [5.41, 5.74) is 1.35. The Morgan fingerprint density at radius 1 is 1.46 bits per heavy atom. The summed E-state index contributed by atoms with van der Waals surface area (Å²) in [5, 5.41) is 6.88. The van der Waals surface area contributed by atoms with E-state index >= 15 is 0 Å². The van der Waals surface area contributed by atoms with Gasteiger partial charge in [0.2, 0.25) is 0 Å². The number of carbonyl (C=O) groups excluding carboxylic acids is 1. The summed E-state index contributed by atoms with van der Waals surface area (Å²) < 4.78 is 27.6. The zero-order chi connectivity index (χ0) is 18.1. The Morgan fingerprint density at radius 3 is 2.67 bits per heavy atom. The van der Waals surface area contributed by atoms with E-state index in [-0.39, 0.29) is 6.10 Å². The molecule has 0 aromatic carbocycles. The van der Waals surface area contributed by atoms with Gasteiger partial charge in [0, 0.05) is 7.05 Å². The van der Waals surface area contributed by atoms with Crippen molar-refractivity contribution in [3.63, 3.8) is 0 Å². The summed E-state index contributed by atoms with van der Waals surface area (Å²) in [6.07, 6.45) is 0.0833. The molecule has 0 saturated carbocycles. The smallest absolute Gasteiger partial charge is 0.407 e. The number of alkyl halides is 1. The van der Waals surface area contributed by atoms with Crippen LogP contribution in [-0.2, 0) is 16.5 Å². The largest absolute Gasteiger partial charge is 0.444 e. The number of hydrogen-bond donors (Lipinski definition) is 1. The van der Waals surface area contributed by atoms with Gasteiger partial charge in [0.25, 0.3) is 0 Å². The van der Waals surface area contributed by atoms with Crippen LogP contribution in [0.5, 0.6) is 0 Å². The van der Waals surface area contributed by atoms with Crippen molar-refractivity contribution in [3.8, 4) is 0 Å². The van der Waals surface area contributed by atoms with Crippen LogP contribution < -0.4 is 5.32 Å². The molecule has 0 radical (unpaired) electrons. The second-order valence-electron chi connectivity index (χ2n) is 7.44. The van der Waals surface area contributed by atoms with Gasteiger partial charge in [0.05, 0.1) is 30.1 Å². The molecular weight excluding hydrogens is 313 g/mol. The topological polar surface area (TPSA) is 65.4 Å². The first kappa shape index (κ1) is 18.7. The van der Waals surface area contributed by atoms with E-state index in [1.165, 1.54) is 0 Å². The number of nitrogens with one attached hydrogen (secondary N) is 1. The maximum atomic E-state index is 14.7. The van der Waals surface area contributed by atoms with Gasteiger partial charge >= 0.3 is 6.09 Å². The van der Waals surface area contributed by atoms with Crippen LogP contribution in [0.4, 0.5) is 9.18 Å². The molecule has 1 aliphatic heterocycles. The first-order valence-corrected chi connectivity index (χ1v) is 8.36. The summed E-state index contributed by atoms with van der Waals surface area (Å²) >= 11 is 0. The van der Waals surface area contributed by atoms with Crippen LogP contribution in [0.25, 0.3) is 0 Å². The van der Waals surface area contributed by atoms with E-state index in [4.69, 9.17) is 9.47 Å². The summed E-state index contributed by atoms with van der Waals surface area (Å²) in [5.74, 6) is 0. The van der Waals surface area contributed by atoms with Crippen LogP contribution in [0.3, 0.4) is 0 Å². The lowest BCUT2D eigenvalue weighted by atomic mass is 10.0. The number of alkyl carbamates (subject to hydrolysis) is 1. The monoisotopic (exact) mass is 341 g/mol. The number of rotatable bonds is 2. The predicted molar refractivity (Wildman–Crippen MR) is 88.5 cm³/mol. The molecule has 1 aromatic rings. The van der Waals surface area contributed by atoms with Gasteiger partial charge in [-0.15, -0.1) is 0 Å². The summed E-state index contributed by atoms with van der Waals surface area (Å²) in [4.78, 5) is 12.0. The maximum Gasteiger partial charge on any atom is 0.407 e. The SMILES string of the molecule is Cc1cnn(C)c1[C@@H]1CC[C@@H](NC(=O)OC(C)(C)C)[C@H](F)[C@H](C)O1. The van der Waals surface area contributed by atoms with Crippen LogP contribution >= 0.6 is 0 Å². The fourth-order valence-electron chi connectivity index (χ4n) is 3.05. The van der Waals surface area contributed by atoms with Crippen molar-refractivity contribution in [3.05, 3.63) is 17.5 Å². The third-order valence-corrected chi connectivity index (χ3v) is 4.14. The van der Waals surface area contributed by atoms with E-state index in [9.17, 15) is 9.18 Å². The van der Waals surface area contributed by atoms with Gasteiger partial charge in [-0.2, -0.15) is 5.10 Å². The molecule has 6 nitrogen and oxygen atoms in total. The van der Waals surface area contributed by atoms with E-state index in [0.717, 1.165) is 11.3 Å². The van der Waals surface area contributed by atoms with Gasteiger partial charge in [-0.25, -0.2) is 9.18 Å². The summed E-state index contributed by atoms with van der Waals surface area (Å²) in [6.45, 7) is 8.99. The molecule has 2 heterocycles. The molecule has 1 aliphatic rings. The van der Waals surface area contributed by atoms with Gasteiger partial charge < -0.3 is 14.8 Å². The molecule has 24 heavy (non-hydrogen) atoms. The van der Waals surface area contributed by atoms with Gasteiger partial charge in [0.1, 0.15) is 11.8 Å². The van der Waals surface area contributed by atoms with Crippen molar-refractivity contribution >= 4 is 6.09 Å². The van der Waals surface area contributed by atoms with Crippen LogP contribution in [0, 0.1) is 6.92 Å². The van der Waals surface area contributed by atoms with E-state index in [1.807, 2.05) is 14.0 Å². The molecule has 1 saturated heterocycles. The van der Waals surface area contributed by atoms with Crippen molar-refractivity contribution in [2.24, 2.45) is 7.05 Å². The van der Waals surface area contributed by atoms with Crippen molar-refractivity contribution < 1.29 is 18.7 Å². The highest BCUT2D eigenvalue weighted by molar-refractivity contribution is 5.68. The molecule has 4 atom stereocenters. The molecule has 0 aliphatic carbocycles. The Hall–Kier alpha value is -1.63. The Bertz CT molecular complexity index is 563. The highest BCUT2D eigenvalue weighted by Gasteiger charge is 2.36. The minimum absolute atomic E-state index is 0.240. The van der Waals surface area contributed by atoms with Gasteiger partial charge in [0.15, 0.2) is 0 Å². The minimum Gasteiger partial charge on any atom is -0.444 e. The second-order valence-corrected chi connectivity index (χ2v) is 7.44. The van der Waals surface area contributed by atoms with Gasteiger partial charge in [-0.05, 0) is 53.0 Å². The zero-order valence-corrected chi connectivity index (χ0v) is 15.3. The lowest BCUT2D eigenvalue weighted by Gasteiger charge is -2.26. The Balaban J connectivity index is 2.08. The molecule has 2 rings (SSSR count). The molecule has 7 heteroatoms. The molecule has 1 aromatic heterocycles. The molecule has 1 N–H and O–H groups in total. The number of ether oxygens (including phenoxy) is 2. The number of hydrogen-bond acceptors (Lipinski definition) is 4. The Kier molecular flexibility index (Phi) is 5.52. The highest BCUT2D eigenvalue weighted by Crippen LogP contribution is 2.33. The lowest BCUT2D eigenvalue weighted by Crippen LogP contribution is -2.46. The first-order valence-electron chi connectivity index (χ1n) is 8.36. The average molecular weight is 341 g/mol. The van der Waals surface area contributed by atoms with Crippen molar-refractivity contribution in [2.45, 2.75) is 77.5 Å². The van der Waals surface area contributed by atoms with Crippen LogP contribution in [0.15, 0.2) is 6.20 Å². The number of nitrogens with zero attached hydrogens (tertiary/aromatic N) is 2. The normalized spacial score (nSPS) is 28.3. The van der Waals surface area contributed by atoms with E-state index in [2.05, 4.69) is 10.4 Å². The second kappa shape index (κ2) is 7.09. The Morgan fingerprint density at radius 2 is 2.12 bits per heavy atom. The molecule has 1 amide bonds. The lowest BCUT2D eigenvalue weighted by molar-refractivity contribution is -0.0390. The molecule has 0 unspecified atom stereocenters. The van der Waals surface area contributed by atoms with Crippen LogP contribution in [-0.4, -0.2) is 39.8 Å². The number of halogens is 1. The van der Waals surface area contributed by atoms with Crippen LogP contribution in [0.1, 0.15) is 57.9 Å². The van der Waals surface area contributed by atoms with E-state index in [0.29, 0.717) is 12.8 Å². The van der Waals surface area contributed by atoms with Crippen LogP contribution in [0.2, 0.25) is 0 Å². The van der Waals surface area contributed by atoms with Crippen molar-refractivity contribution in [1.29, 1.82) is 0 Å². The fourth-order valence-corrected chi connectivity index (χ4v) is 3.05. The Labute approximate surface area is 142 Å². The molecule has 1 fully saturated rings. The number of aryl methyl sites for hydroxylation is 2. The van der Waals surface area contributed by atoms with Crippen molar-refractivity contribution in [2.75, 3.05) is 0 Å². The predicted octanol–water partition coefficient (Wildman–Crippen LogP) is 3.20. The van der Waals surface area contributed by atoms with Gasteiger partial charge in [-0.1, -0.05) is 0 Å². The standard InChI is InChI=1S/C17H28FN3O3/c1-10-9-19-21(6)15(10)13-8-7-12(14(18)11(2)23-13)20-16(22)24-17(3,4)5/h9,11-14H,7-8H2,1-6H3,(H,20,22)/t11-,12+,13-,14+/m0/s1. The molecule has 0 bridgehead atoms. The number of aromatic nitrogens is 2. The van der Waals surface area contributed by atoms with Gasteiger partial charge in [-0.3, -0.25) is 4.68 Å². The fraction of sp³-hybridized carbons (Fsp3) is 0.765. The van der Waals surface area contributed by atoms with Crippen molar-refractivity contribution in [1.82, 2.24) is 15.1 Å². The first-order chi connectivity index (χ1) is 11.1. The highest BCUT2D eigenvalue weighted by atomic mass is 19.1. The minimum atomic E-state index is -1.30. The molecule has 136 valence electrons. The molecular formula is C17H28FN3O3. The maximum absolute atomic E-state index is 14.7. The zero-order valence-electron chi connectivity index (χ0n) is 15.3. The average Bonchev–Trinajstić information content (AvgIpc) is 2.71. The quantitative estimate of drug-likeness (QED) is 0.897. The summed E-state index contributed by atoms with van der Waals surface area (Å²) in [6, 6.07) is -0.631. The van der Waals surface area contributed by atoms with E-state index in [1.54, 1.807) is 38.6 Å². The van der Waals surface area contributed by atoms with E-state index < -0.39 is 30.0 Å².